The Bertz CT molecular complexity index is 1030. The lowest BCUT2D eigenvalue weighted by Crippen LogP contribution is -2.44. The first kappa shape index (κ1) is 21.6. The second-order valence-electron chi connectivity index (χ2n) is 6.22. The van der Waals surface area contributed by atoms with E-state index in [9.17, 15) is 26.4 Å². The third-order valence-corrected chi connectivity index (χ3v) is 6.11. The minimum Gasteiger partial charge on any atom is -0.339 e. The maximum absolute atomic E-state index is 13.5. The van der Waals surface area contributed by atoms with Gasteiger partial charge in [-0.05, 0) is 24.3 Å². The topological polar surface area (TPSA) is 92.3 Å². The van der Waals surface area contributed by atoms with Crippen molar-refractivity contribution < 1.29 is 26.4 Å². The maximum atomic E-state index is 13.5. The molecule has 0 saturated carbocycles. The summed E-state index contributed by atoms with van der Waals surface area (Å²) >= 11 is 11.7. The fourth-order valence-electron chi connectivity index (χ4n) is 2.67. The van der Waals surface area contributed by atoms with Crippen LogP contribution in [-0.2, 0) is 16.0 Å². The summed E-state index contributed by atoms with van der Waals surface area (Å²) < 4.78 is 63.6. The number of carbonyl (C=O) groups is 1. The molecule has 1 saturated heterocycles. The van der Waals surface area contributed by atoms with Crippen molar-refractivity contribution in [2.75, 3.05) is 29.9 Å². The highest BCUT2D eigenvalue weighted by atomic mass is 35.5. The van der Waals surface area contributed by atoms with Gasteiger partial charge in [0.05, 0.1) is 17.1 Å². The van der Waals surface area contributed by atoms with Crippen LogP contribution < -0.4 is 5.32 Å². The van der Waals surface area contributed by atoms with Crippen molar-refractivity contribution >= 4 is 50.5 Å². The zero-order valence-corrected chi connectivity index (χ0v) is 16.8. The zero-order chi connectivity index (χ0) is 21.4. The Labute approximate surface area is 173 Å². The molecular weight excluding hydrogens is 456 g/mol. The van der Waals surface area contributed by atoms with Gasteiger partial charge in [0.1, 0.15) is 0 Å². The summed E-state index contributed by atoms with van der Waals surface area (Å²) in [7, 11) is -3.30. The van der Waals surface area contributed by atoms with Gasteiger partial charge in [-0.3, -0.25) is 4.79 Å². The average Bonchev–Trinajstić information content (AvgIpc) is 2.59. The summed E-state index contributed by atoms with van der Waals surface area (Å²) in [5, 5.41) is 10.2. The smallest absolute Gasteiger partial charge is 0.339 e. The summed E-state index contributed by atoms with van der Waals surface area (Å²) in [5.74, 6) is -1.93. The number of aromatic nitrogens is 2. The lowest BCUT2D eigenvalue weighted by molar-refractivity contribution is -0.138. The first-order valence-electron chi connectivity index (χ1n) is 8.12. The molecule has 13 heteroatoms. The molecule has 156 valence electrons. The predicted octanol–water partition coefficient (Wildman–Crippen LogP) is 3.42. The van der Waals surface area contributed by atoms with Crippen LogP contribution in [0.1, 0.15) is 16.1 Å². The molecule has 1 aromatic carbocycles. The number of alkyl halides is 3. The molecule has 1 aromatic heterocycles. The van der Waals surface area contributed by atoms with Crippen molar-refractivity contribution in [2.45, 2.75) is 6.18 Å². The van der Waals surface area contributed by atoms with Gasteiger partial charge in [-0.15, -0.1) is 10.2 Å². The fourth-order valence-corrected chi connectivity index (χ4v) is 4.39. The normalized spacial score (nSPS) is 16.5. The van der Waals surface area contributed by atoms with Crippen molar-refractivity contribution in [3.8, 4) is 0 Å². The van der Waals surface area contributed by atoms with Crippen LogP contribution in [0, 0.1) is 0 Å². The summed E-state index contributed by atoms with van der Waals surface area (Å²) in [4.78, 5) is 13.5. The number of nitrogens with one attached hydrogen (secondary N) is 1. The van der Waals surface area contributed by atoms with Crippen molar-refractivity contribution in [1.82, 2.24) is 15.1 Å². The van der Waals surface area contributed by atoms with Crippen LogP contribution in [0.5, 0.6) is 0 Å². The molecule has 1 amide bonds. The molecule has 7 nitrogen and oxygen atoms in total. The standard InChI is InChI=1S/C16H13Cl2F3N4O3S/c17-9-5-10(18)7-11(6-9)22-13-8-12(16(19,20)21)14(24-23-13)15(26)25-1-3-29(27,28)4-2-25/h5-8H,1-4H2,(H,22,23). The van der Waals surface area contributed by atoms with Crippen LogP contribution in [0.25, 0.3) is 0 Å². The quantitative estimate of drug-likeness (QED) is 0.741. The monoisotopic (exact) mass is 468 g/mol. The number of sulfone groups is 1. The first-order valence-corrected chi connectivity index (χ1v) is 10.7. The number of hydrogen-bond acceptors (Lipinski definition) is 6. The first-order chi connectivity index (χ1) is 13.4. The molecule has 2 heterocycles. The van der Waals surface area contributed by atoms with E-state index in [1.54, 1.807) is 0 Å². The number of carbonyl (C=O) groups excluding carboxylic acids is 1. The Morgan fingerprint density at radius 2 is 1.62 bits per heavy atom. The van der Waals surface area contributed by atoms with E-state index in [0.717, 1.165) is 4.90 Å². The Balaban J connectivity index is 1.91. The van der Waals surface area contributed by atoms with E-state index in [-0.39, 0.29) is 46.1 Å². The van der Waals surface area contributed by atoms with Gasteiger partial charge < -0.3 is 10.2 Å². The number of nitrogens with zero attached hydrogens (tertiary/aromatic N) is 3. The number of anilines is 2. The van der Waals surface area contributed by atoms with E-state index in [2.05, 4.69) is 15.5 Å². The van der Waals surface area contributed by atoms with Gasteiger partial charge in [-0.2, -0.15) is 13.2 Å². The highest BCUT2D eigenvalue weighted by Crippen LogP contribution is 2.34. The third-order valence-electron chi connectivity index (χ3n) is 4.07. The minimum atomic E-state index is -4.88. The molecule has 2 aromatic rings. The molecule has 0 unspecified atom stereocenters. The second kappa shape index (κ2) is 7.96. The Hall–Kier alpha value is -2.11. The van der Waals surface area contributed by atoms with Crippen molar-refractivity contribution in [1.29, 1.82) is 0 Å². The van der Waals surface area contributed by atoms with Crippen LogP contribution in [0.4, 0.5) is 24.7 Å². The SMILES string of the molecule is O=C(c1nnc(Nc2cc(Cl)cc(Cl)c2)cc1C(F)(F)F)N1CCS(=O)(=O)CC1. The fraction of sp³-hybridized carbons (Fsp3) is 0.312. The van der Waals surface area contributed by atoms with Crippen LogP contribution in [0.3, 0.4) is 0 Å². The molecule has 0 radical (unpaired) electrons. The van der Waals surface area contributed by atoms with Crippen molar-refractivity contribution in [3.63, 3.8) is 0 Å². The van der Waals surface area contributed by atoms with Crippen molar-refractivity contribution in [3.05, 3.63) is 45.6 Å². The van der Waals surface area contributed by atoms with E-state index in [4.69, 9.17) is 23.2 Å². The second-order valence-corrected chi connectivity index (χ2v) is 9.39. The molecule has 1 fully saturated rings. The van der Waals surface area contributed by atoms with Gasteiger partial charge in [0.15, 0.2) is 21.3 Å². The molecule has 0 aliphatic carbocycles. The lowest BCUT2D eigenvalue weighted by atomic mass is 10.1. The molecule has 1 aliphatic rings. The van der Waals surface area contributed by atoms with Gasteiger partial charge in [-0.1, -0.05) is 23.2 Å². The van der Waals surface area contributed by atoms with E-state index in [1.165, 1.54) is 18.2 Å². The predicted molar refractivity (Wildman–Crippen MR) is 101 cm³/mol. The van der Waals surface area contributed by atoms with Crippen molar-refractivity contribution in [2.24, 2.45) is 0 Å². The highest BCUT2D eigenvalue weighted by Gasteiger charge is 2.39. The Morgan fingerprint density at radius 1 is 1.03 bits per heavy atom. The molecule has 1 N–H and O–H groups in total. The number of rotatable bonds is 3. The van der Waals surface area contributed by atoms with Crippen LogP contribution in [-0.4, -0.2) is 54.0 Å². The van der Waals surface area contributed by atoms with E-state index < -0.39 is 33.2 Å². The van der Waals surface area contributed by atoms with Gasteiger partial charge in [0, 0.05) is 28.8 Å². The summed E-state index contributed by atoms with van der Waals surface area (Å²) in [6.07, 6.45) is -4.88. The zero-order valence-electron chi connectivity index (χ0n) is 14.5. The van der Waals surface area contributed by atoms with Gasteiger partial charge in [0.2, 0.25) is 0 Å². The van der Waals surface area contributed by atoms with E-state index >= 15 is 0 Å². The molecule has 1 aliphatic heterocycles. The molecule has 0 atom stereocenters. The number of halogens is 5. The minimum absolute atomic E-state index is 0.207. The largest absolute Gasteiger partial charge is 0.418 e. The summed E-state index contributed by atoms with van der Waals surface area (Å²) in [6.45, 7) is -0.414. The molecular formula is C16H13Cl2F3N4O3S. The Kier molecular flexibility index (Phi) is 5.93. The number of benzene rings is 1. The molecule has 0 bridgehead atoms. The third kappa shape index (κ3) is 5.28. The molecule has 29 heavy (non-hydrogen) atoms. The average molecular weight is 469 g/mol. The summed E-state index contributed by atoms with van der Waals surface area (Å²) in [5.41, 5.74) is -1.90. The maximum Gasteiger partial charge on any atom is 0.418 e. The lowest BCUT2D eigenvalue weighted by Gasteiger charge is -2.27. The molecule has 3 rings (SSSR count). The van der Waals surface area contributed by atoms with Crippen LogP contribution in [0.15, 0.2) is 24.3 Å². The number of amides is 1. The Morgan fingerprint density at radius 3 is 2.17 bits per heavy atom. The van der Waals surface area contributed by atoms with Gasteiger partial charge >= 0.3 is 6.18 Å². The van der Waals surface area contributed by atoms with Gasteiger partial charge in [0.25, 0.3) is 5.91 Å². The molecule has 0 spiro atoms. The van der Waals surface area contributed by atoms with Crippen LogP contribution >= 0.6 is 23.2 Å². The highest BCUT2D eigenvalue weighted by molar-refractivity contribution is 7.91. The van der Waals surface area contributed by atoms with E-state index in [1.807, 2.05) is 0 Å². The van der Waals surface area contributed by atoms with E-state index in [0.29, 0.717) is 6.07 Å². The number of hydrogen-bond donors (Lipinski definition) is 1. The van der Waals surface area contributed by atoms with Gasteiger partial charge in [-0.25, -0.2) is 8.42 Å². The van der Waals surface area contributed by atoms with Crippen LogP contribution in [0.2, 0.25) is 10.0 Å². The summed E-state index contributed by atoms with van der Waals surface area (Å²) in [6, 6.07) is 4.95.